The van der Waals surface area contributed by atoms with Gasteiger partial charge in [0, 0.05) is 0 Å². The average molecular weight is 331 g/mol. The molecule has 1 heterocycles. The van der Waals surface area contributed by atoms with Crippen molar-refractivity contribution in [2.24, 2.45) is 0 Å². The largest absolute Gasteiger partial charge is 0.494 e. The highest BCUT2D eigenvalue weighted by molar-refractivity contribution is 5.93. The second-order valence-electron chi connectivity index (χ2n) is 4.90. The number of fused-ring (bicyclic) bond motifs is 1. The van der Waals surface area contributed by atoms with E-state index in [9.17, 15) is 9.18 Å². The van der Waals surface area contributed by atoms with Crippen molar-refractivity contribution < 1.29 is 23.5 Å². The number of carbonyl (C=O) groups excluding carboxylic acids is 1. The molecule has 1 aromatic heterocycles. The Labute approximate surface area is 136 Å². The minimum Gasteiger partial charge on any atom is -0.494 e. The number of rotatable bonds is 5. The Morgan fingerprint density at radius 3 is 2.75 bits per heavy atom. The first-order valence-corrected chi connectivity index (χ1v) is 7.02. The summed E-state index contributed by atoms with van der Waals surface area (Å²) in [6.07, 6.45) is 0. The zero-order valence-corrected chi connectivity index (χ0v) is 13.0. The molecule has 0 bridgehead atoms. The first kappa shape index (κ1) is 15.7. The van der Waals surface area contributed by atoms with Gasteiger partial charge in [0.15, 0.2) is 11.6 Å². The van der Waals surface area contributed by atoms with Gasteiger partial charge in [-0.05, 0) is 41.1 Å². The van der Waals surface area contributed by atoms with Gasteiger partial charge in [0.1, 0.15) is 17.6 Å². The molecule has 0 aliphatic rings. The molecule has 7 nitrogen and oxygen atoms in total. The third-order valence-electron chi connectivity index (χ3n) is 3.41. The van der Waals surface area contributed by atoms with Gasteiger partial charge in [-0.1, -0.05) is 10.9 Å². The Bertz CT molecular complexity index is 894. The Hall–Kier alpha value is -3.16. The van der Waals surface area contributed by atoms with Crippen molar-refractivity contribution in [3.63, 3.8) is 0 Å². The van der Waals surface area contributed by atoms with E-state index in [-0.39, 0.29) is 12.4 Å². The van der Waals surface area contributed by atoms with Crippen LogP contribution in [0.25, 0.3) is 11.0 Å². The van der Waals surface area contributed by atoms with Gasteiger partial charge in [0.2, 0.25) is 0 Å². The maximum atomic E-state index is 13.7. The Kier molecular flexibility index (Phi) is 4.28. The van der Waals surface area contributed by atoms with Crippen molar-refractivity contribution in [1.82, 2.24) is 15.2 Å². The summed E-state index contributed by atoms with van der Waals surface area (Å²) in [7, 11) is 2.70. The number of benzene rings is 2. The van der Waals surface area contributed by atoms with Crippen LogP contribution < -0.4 is 9.57 Å². The van der Waals surface area contributed by atoms with E-state index in [1.807, 2.05) is 0 Å². The third kappa shape index (κ3) is 2.98. The number of methoxy groups -OCH3 is 2. The predicted octanol–water partition coefficient (Wildman–Crippen LogP) is 1.99. The number of hydrogen-bond acceptors (Lipinski definition) is 6. The quantitative estimate of drug-likeness (QED) is 0.666. The molecule has 3 rings (SSSR count). The Balaban J connectivity index is 1.82. The molecule has 3 aromatic rings. The van der Waals surface area contributed by atoms with E-state index in [1.54, 1.807) is 24.3 Å². The number of halogens is 1. The van der Waals surface area contributed by atoms with Gasteiger partial charge in [0.25, 0.3) is 0 Å². The molecule has 2 aromatic carbocycles. The number of nitrogens with zero attached hydrogens (tertiary/aromatic N) is 3. The fraction of sp³-hybridized carbons (Fsp3) is 0.188. The SMILES string of the molecule is COC(=O)c1ccc2nnn(OCc3ccc(OC)c(F)c3)c2c1. The number of hydrogen-bond donors (Lipinski definition) is 0. The van der Waals surface area contributed by atoms with Crippen LogP contribution in [0.1, 0.15) is 15.9 Å². The van der Waals surface area contributed by atoms with Crippen LogP contribution in [0.15, 0.2) is 36.4 Å². The fourth-order valence-electron chi connectivity index (χ4n) is 2.17. The molecule has 24 heavy (non-hydrogen) atoms. The lowest BCUT2D eigenvalue weighted by molar-refractivity contribution is 0.0600. The maximum absolute atomic E-state index is 13.7. The summed E-state index contributed by atoms with van der Waals surface area (Å²) in [5, 5.41) is 7.81. The van der Waals surface area contributed by atoms with E-state index < -0.39 is 11.8 Å². The second-order valence-corrected chi connectivity index (χ2v) is 4.90. The lowest BCUT2D eigenvalue weighted by atomic mass is 10.2. The van der Waals surface area contributed by atoms with Crippen LogP contribution in [0.5, 0.6) is 5.75 Å². The third-order valence-corrected chi connectivity index (χ3v) is 3.41. The van der Waals surface area contributed by atoms with Crippen molar-refractivity contribution in [3.8, 4) is 5.75 Å². The van der Waals surface area contributed by atoms with E-state index in [2.05, 4.69) is 15.0 Å². The average Bonchev–Trinajstić information content (AvgIpc) is 3.01. The van der Waals surface area contributed by atoms with Crippen LogP contribution in [0.2, 0.25) is 0 Å². The van der Waals surface area contributed by atoms with Crippen LogP contribution >= 0.6 is 0 Å². The molecule has 124 valence electrons. The van der Waals surface area contributed by atoms with Gasteiger partial charge in [-0.2, -0.15) is 0 Å². The summed E-state index contributed by atoms with van der Waals surface area (Å²) in [6.45, 7) is 0.0713. The van der Waals surface area contributed by atoms with E-state index in [0.29, 0.717) is 22.2 Å². The Morgan fingerprint density at radius 1 is 1.21 bits per heavy atom. The Morgan fingerprint density at radius 2 is 2.04 bits per heavy atom. The van der Waals surface area contributed by atoms with Crippen LogP contribution in [-0.4, -0.2) is 35.3 Å². The highest BCUT2D eigenvalue weighted by atomic mass is 19.1. The van der Waals surface area contributed by atoms with Crippen molar-refractivity contribution in [3.05, 3.63) is 53.3 Å². The first-order valence-electron chi connectivity index (χ1n) is 7.02. The smallest absolute Gasteiger partial charge is 0.337 e. The minimum absolute atomic E-state index is 0.0713. The molecule has 0 atom stereocenters. The number of esters is 1. The lowest BCUT2D eigenvalue weighted by Crippen LogP contribution is -2.13. The van der Waals surface area contributed by atoms with E-state index in [0.717, 1.165) is 0 Å². The molecule has 0 fully saturated rings. The molecule has 8 heteroatoms. The fourth-order valence-corrected chi connectivity index (χ4v) is 2.17. The monoisotopic (exact) mass is 331 g/mol. The van der Waals surface area contributed by atoms with Crippen LogP contribution in [0, 0.1) is 5.82 Å². The molecule has 0 spiro atoms. The van der Waals surface area contributed by atoms with Crippen LogP contribution in [-0.2, 0) is 11.3 Å². The first-order chi connectivity index (χ1) is 11.6. The molecule has 0 N–H and O–H groups in total. The van der Waals surface area contributed by atoms with Gasteiger partial charge in [-0.15, -0.1) is 5.10 Å². The van der Waals surface area contributed by atoms with Gasteiger partial charge in [-0.3, -0.25) is 0 Å². The topological polar surface area (TPSA) is 75.5 Å². The van der Waals surface area contributed by atoms with Crippen molar-refractivity contribution in [2.45, 2.75) is 6.61 Å². The van der Waals surface area contributed by atoms with E-state index >= 15 is 0 Å². The van der Waals surface area contributed by atoms with Gasteiger partial charge >= 0.3 is 5.97 Å². The van der Waals surface area contributed by atoms with Gasteiger partial charge < -0.3 is 14.3 Å². The van der Waals surface area contributed by atoms with Crippen LogP contribution in [0.3, 0.4) is 0 Å². The van der Waals surface area contributed by atoms with Gasteiger partial charge in [0.05, 0.1) is 19.8 Å². The number of ether oxygens (including phenoxy) is 2. The molecule has 0 aliphatic heterocycles. The summed E-state index contributed by atoms with van der Waals surface area (Å²) in [5.74, 6) is -0.787. The van der Waals surface area contributed by atoms with Crippen molar-refractivity contribution in [1.29, 1.82) is 0 Å². The summed E-state index contributed by atoms with van der Waals surface area (Å²) in [5.41, 5.74) is 2.02. The number of carbonyl (C=O) groups is 1. The zero-order chi connectivity index (χ0) is 17.1. The molecule has 0 radical (unpaired) electrons. The summed E-state index contributed by atoms with van der Waals surface area (Å²) in [6, 6.07) is 9.31. The highest BCUT2D eigenvalue weighted by Gasteiger charge is 2.12. The standard InChI is InChI=1S/C16H14FN3O4/c1-22-15-6-3-10(7-12(15)17)9-24-20-14-8-11(16(21)23-2)4-5-13(14)18-19-20/h3-8H,9H2,1-2H3. The summed E-state index contributed by atoms with van der Waals surface area (Å²) < 4.78 is 23.2. The second kappa shape index (κ2) is 6.53. The molecule has 0 unspecified atom stereocenters. The molecular formula is C16H14FN3O4. The van der Waals surface area contributed by atoms with Crippen molar-refractivity contribution >= 4 is 17.0 Å². The van der Waals surface area contributed by atoms with Crippen LogP contribution in [0.4, 0.5) is 4.39 Å². The molecule has 0 saturated heterocycles. The predicted molar refractivity (Wildman–Crippen MR) is 82.1 cm³/mol. The maximum Gasteiger partial charge on any atom is 0.337 e. The van der Waals surface area contributed by atoms with E-state index in [4.69, 9.17) is 9.57 Å². The van der Waals surface area contributed by atoms with Gasteiger partial charge in [-0.25, -0.2) is 9.18 Å². The molecule has 0 saturated carbocycles. The molecule has 0 amide bonds. The molecular weight excluding hydrogens is 317 g/mol. The summed E-state index contributed by atoms with van der Waals surface area (Å²) >= 11 is 0. The zero-order valence-electron chi connectivity index (χ0n) is 13.0. The summed E-state index contributed by atoms with van der Waals surface area (Å²) in [4.78, 5) is 18.3. The minimum atomic E-state index is -0.477. The normalized spacial score (nSPS) is 10.6. The molecule has 0 aliphatic carbocycles. The number of aromatic nitrogens is 3. The highest BCUT2D eigenvalue weighted by Crippen LogP contribution is 2.18. The lowest BCUT2D eigenvalue weighted by Gasteiger charge is -2.07. The van der Waals surface area contributed by atoms with Crippen molar-refractivity contribution in [2.75, 3.05) is 14.2 Å². The van der Waals surface area contributed by atoms with E-state index in [1.165, 1.54) is 31.2 Å².